The molecule has 5 heteroatoms. The van der Waals surface area contributed by atoms with Crippen LogP contribution < -0.4 is 10.6 Å². The third-order valence-electron chi connectivity index (χ3n) is 4.36. The maximum absolute atomic E-state index is 12.7. The molecule has 4 nitrogen and oxygen atoms in total. The average molecular weight is 339 g/mol. The molecule has 1 aromatic carbocycles. The zero-order chi connectivity index (χ0) is 17.7. The van der Waals surface area contributed by atoms with Crippen LogP contribution in [-0.4, -0.2) is 25.9 Å². The number of piperidine rings is 1. The number of benzene rings is 1. The third-order valence-corrected chi connectivity index (χ3v) is 4.61. The van der Waals surface area contributed by atoms with Crippen molar-refractivity contribution in [1.82, 2.24) is 10.6 Å². The van der Waals surface area contributed by atoms with E-state index in [2.05, 4.69) is 17.6 Å². The fourth-order valence-electron chi connectivity index (χ4n) is 3.36. The molecule has 0 radical (unpaired) electrons. The van der Waals surface area contributed by atoms with E-state index in [4.69, 9.17) is 11.6 Å². The zero-order valence-corrected chi connectivity index (χ0v) is 15.4. The molecule has 1 aromatic rings. The smallest absolute Gasteiger partial charge is 0.237 e. The molecule has 0 aromatic heterocycles. The molecule has 2 N–H and O–H groups in total. The number of hydrogen-bond donors (Lipinski definition) is 2. The highest BCUT2D eigenvalue weighted by Crippen LogP contribution is 2.49. The first kappa shape index (κ1) is 19.7. The van der Waals surface area contributed by atoms with E-state index < -0.39 is 10.8 Å². The van der Waals surface area contributed by atoms with Crippen LogP contribution in [0, 0.1) is 5.41 Å². The normalized spacial score (nSPS) is 22.9. The van der Waals surface area contributed by atoms with Crippen molar-refractivity contribution >= 4 is 23.4 Å². The van der Waals surface area contributed by atoms with Gasteiger partial charge >= 0.3 is 0 Å². The first-order valence-corrected chi connectivity index (χ1v) is 8.31. The molecule has 1 atom stereocenters. The predicted molar refractivity (Wildman–Crippen MR) is 94.6 cm³/mol. The number of carbonyl (C=O) groups is 2. The number of nitrogens with one attached hydrogen (secondary N) is 2. The third kappa shape index (κ3) is 3.93. The molecule has 1 aliphatic rings. The number of halogens is 1. The number of amides is 2. The summed E-state index contributed by atoms with van der Waals surface area (Å²) in [4.78, 5) is 24.4. The maximum Gasteiger partial charge on any atom is 0.237 e. The number of rotatable bonds is 3. The first-order valence-electron chi connectivity index (χ1n) is 7.94. The highest BCUT2D eigenvalue weighted by Gasteiger charge is 2.55. The second kappa shape index (κ2) is 7.93. The average Bonchev–Trinajstić information content (AvgIpc) is 2.44. The van der Waals surface area contributed by atoms with Crippen molar-refractivity contribution in [3.05, 3.63) is 34.9 Å². The molecule has 1 unspecified atom stereocenters. The maximum atomic E-state index is 12.7. The minimum Gasteiger partial charge on any atom is -0.323 e. The highest BCUT2D eigenvalue weighted by atomic mass is 35.5. The quantitative estimate of drug-likeness (QED) is 0.831. The van der Waals surface area contributed by atoms with Gasteiger partial charge in [0.2, 0.25) is 11.8 Å². The second-order valence-electron chi connectivity index (χ2n) is 6.60. The summed E-state index contributed by atoms with van der Waals surface area (Å²) < 4.78 is 0. The van der Waals surface area contributed by atoms with Crippen molar-refractivity contribution in [2.24, 2.45) is 5.41 Å². The Balaban J connectivity index is 0.000000816. The summed E-state index contributed by atoms with van der Waals surface area (Å²) in [6.45, 7) is 6.04. The van der Waals surface area contributed by atoms with Crippen molar-refractivity contribution in [3.8, 4) is 0 Å². The predicted octanol–water partition coefficient (Wildman–Crippen LogP) is 3.29. The van der Waals surface area contributed by atoms with Crippen molar-refractivity contribution in [3.63, 3.8) is 0 Å². The molecule has 0 aliphatic carbocycles. The van der Waals surface area contributed by atoms with Gasteiger partial charge in [-0.05, 0) is 43.6 Å². The molecule has 23 heavy (non-hydrogen) atoms. The van der Waals surface area contributed by atoms with Gasteiger partial charge in [0.25, 0.3) is 0 Å². The molecule has 1 saturated heterocycles. The van der Waals surface area contributed by atoms with Crippen molar-refractivity contribution in [1.29, 1.82) is 0 Å². The molecule has 1 heterocycles. The lowest BCUT2D eigenvalue weighted by molar-refractivity contribution is -0.145. The Labute approximate surface area is 144 Å². The highest BCUT2D eigenvalue weighted by molar-refractivity contribution is 6.30. The zero-order valence-electron chi connectivity index (χ0n) is 14.6. The van der Waals surface area contributed by atoms with E-state index in [1.54, 1.807) is 12.1 Å². The van der Waals surface area contributed by atoms with E-state index in [-0.39, 0.29) is 11.8 Å². The van der Waals surface area contributed by atoms with Gasteiger partial charge in [-0.2, -0.15) is 0 Å². The van der Waals surface area contributed by atoms with Gasteiger partial charge in [0.1, 0.15) is 0 Å². The fourth-order valence-corrected chi connectivity index (χ4v) is 3.49. The van der Waals surface area contributed by atoms with Crippen LogP contribution in [0.5, 0.6) is 0 Å². The van der Waals surface area contributed by atoms with E-state index >= 15 is 0 Å². The Morgan fingerprint density at radius 1 is 1.17 bits per heavy atom. The van der Waals surface area contributed by atoms with Crippen LogP contribution in [0.25, 0.3) is 0 Å². The topological polar surface area (TPSA) is 58.2 Å². The standard InChI is InChI=1S/C16H20ClNO2.C2H7N/c1-4-9-16(11-5-7-12(17)8-6-11)14(20)18-13(19)10-15(16,2)3;1-3-2/h5-8H,4,9-10H2,1-3H3,(H,18,19,20);3H,1-2H3. The van der Waals surface area contributed by atoms with Crippen molar-refractivity contribution in [2.45, 2.75) is 45.4 Å². The number of carbonyl (C=O) groups excluding carboxylic acids is 2. The Morgan fingerprint density at radius 2 is 1.70 bits per heavy atom. The Morgan fingerprint density at radius 3 is 2.13 bits per heavy atom. The van der Waals surface area contributed by atoms with Gasteiger partial charge in [-0.3, -0.25) is 14.9 Å². The molecule has 0 spiro atoms. The molecular formula is C18H27ClN2O2. The summed E-state index contributed by atoms with van der Waals surface area (Å²) in [5.74, 6) is -0.386. The van der Waals surface area contributed by atoms with Crippen molar-refractivity contribution < 1.29 is 9.59 Å². The minimum absolute atomic E-state index is 0.192. The van der Waals surface area contributed by atoms with E-state index in [0.29, 0.717) is 17.9 Å². The van der Waals surface area contributed by atoms with Crippen LogP contribution in [0.1, 0.15) is 45.6 Å². The van der Waals surface area contributed by atoms with E-state index in [0.717, 1.165) is 12.0 Å². The largest absolute Gasteiger partial charge is 0.323 e. The van der Waals surface area contributed by atoms with Gasteiger partial charge in [-0.15, -0.1) is 0 Å². The summed E-state index contributed by atoms with van der Waals surface area (Å²) in [5.41, 5.74) is -0.171. The van der Waals surface area contributed by atoms with Gasteiger partial charge in [0.05, 0.1) is 5.41 Å². The molecule has 1 aliphatic heterocycles. The monoisotopic (exact) mass is 338 g/mol. The van der Waals surface area contributed by atoms with E-state index in [9.17, 15) is 9.59 Å². The Hall–Kier alpha value is -1.39. The van der Waals surface area contributed by atoms with E-state index in [1.165, 1.54) is 0 Å². The second-order valence-corrected chi connectivity index (χ2v) is 7.04. The molecule has 1 fully saturated rings. The SMILES string of the molecule is CCCC1(c2ccc(Cl)cc2)C(=O)NC(=O)CC1(C)C.CNC. The Bertz CT molecular complexity index is 555. The molecular weight excluding hydrogens is 312 g/mol. The molecule has 2 amide bonds. The van der Waals surface area contributed by atoms with Crippen LogP contribution in [-0.2, 0) is 15.0 Å². The van der Waals surface area contributed by atoms with Gasteiger partial charge < -0.3 is 5.32 Å². The summed E-state index contributed by atoms with van der Waals surface area (Å²) in [6, 6.07) is 7.40. The Kier molecular flexibility index (Phi) is 6.78. The number of imide groups is 1. The lowest BCUT2D eigenvalue weighted by Crippen LogP contribution is -2.60. The molecule has 128 valence electrons. The fraction of sp³-hybridized carbons (Fsp3) is 0.556. The number of hydrogen-bond acceptors (Lipinski definition) is 3. The van der Waals surface area contributed by atoms with Gasteiger partial charge in [-0.25, -0.2) is 0 Å². The lowest BCUT2D eigenvalue weighted by atomic mass is 9.56. The van der Waals surface area contributed by atoms with Crippen LogP contribution in [0.4, 0.5) is 0 Å². The van der Waals surface area contributed by atoms with Crippen LogP contribution in [0.3, 0.4) is 0 Å². The lowest BCUT2D eigenvalue weighted by Gasteiger charge is -2.48. The van der Waals surface area contributed by atoms with E-state index in [1.807, 2.05) is 40.1 Å². The first-order chi connectivity index (χ1) is 10.7. The van der Waals surface area contributed by atoms with Crippen LogP contribution >= 0.6 is 11.6 Å². The van der Waals surface area contributed by atoms with Gasteiger partial charge in [-0.1, -0.05) is 50.9 Å². The summed E-state index contributed by atoms with van der Waals surface area (Å²) in [5, 5.41) is 5.91. The summed E-state index contributed by atoms with van der Waals surface area (Å²) in [6.07, 6.45) is 1.93. The van der Waals surface area contributed by atoms with Gasteiger partial charge in [0.15, 0.2) is 0 Å². The molecule has 0 saturated carbocycles. The van der Waals surface area contributed by atoms with Crippen molar-refractivity contribution in [2.75, 3.05) is 14.1 Å². The molecule has 0 bridgehead atoms. The molecule has 2 rings (SSSR count). The minimum atomic E-state index is -0.680. The van der Waals surface area contributed by atoms with Crippen LogP contribution in [0.2, 0.25) is 5.02 Å². The van der Waals surface area contributed by atoms with Gasteiger partial charge in [0, 0.05) is 11.4 Å². The summed E-state index contributed by atoms with van der Waals surface area (Å²) in [7, 11) is 3.75. The summed E-state index contributed by atoms with van der Waals surface area (Å²) >= 11 is 5.95. The van der Waals surface area contributed by atoms with Crippen LogP contribution in [0.15, 0.2) is 24.3 Å².